The van der Waals surface area contributed by atoms with E-state index in [9.17, 15) is 4.39 Å². The van der Waals surface area contributed by atoms with Gasteiger partial charge in [0.05, 0.1) is 6.61 Å². The van der Waals surface area contributed by atoms with Crippen LogP contribution in [-0.4, -0.2) is 26.5 Å². The summed E-state index contributed by atoms with van der Waals surface area (Å²) in [7, 11) is 1.58. The number of ether oxygens (including phenoxy) is 1. The summed E-state index contributed by atoms with van der Waals surface area (Å²) in [5.41, 5.74) is 6.84. The van der Waals surface area contributed by atoms with Crippen LogP contribution in [0.4, 0.5) is 15.8 Å². The van der Waals surface area contributed by atoms with Gasteiger partial charge in [0.2, 0.25) is 0 Å². The summed E-state index contributed by atoms with van der Waals surface area (Å²) in [4.78, 5) is 0. The van der Waals surface area contributed by atoms with Crippen molar-refractivity contribution in [3.63, 3.8) is 0 Å². The number of benzene rings is 1. The van der Waals surface area contributed by atoms with Crippen LogP contribution in [0.25, 0.3) is 0 Å². The van der Waals surface area contributed by atoms with Gasteiger partial charge in [-0.25, -0.2) is 4.39 Å². The van der Waals surface area contributed by atoms with Crippen molar-refractivity contribution < 1.29 is 9.13 Å². The lowest BCUT2D eigenvalue weighted by molar-refractivity contribution is 0.211. The summed E-state index contributed by atoms with van der Waals surface area (Å²) in [6.45, 7) is 1.05. The van der Waals surface area contributed by atoms with Crippen molar-refractivity contribution in [2.24, 2.45) is 0 Å². The van der Waals surface area contributed by atoms with Gasteiger partial charge in [0.1, 0.15) is 5.82 Å². The molecule has 1 aromatic rings. The number of nitrogen functional groups attached to an aromatic ring is 1. The van der Waals surface area contributed by atoms with E-state index in [0.717, 1.165) is 6.21 Å². The van der Waals surface area contributed by atoms with Crippen molar-refractivity contribution in [1.82, 2.24) is 0 Å². The van der Waals surface area contributed by atoms with E-state index < -0.39 is 5.82 Å². The molecule has 0 heterocycles. The fourth-order valence-corrected chi connectivity index (χ4v) is 1.23. The lowest BCUT2D eigenvalue weighted by Crippen LogP contribution is -2.10. The number of anilines is 2. The van der Waals surface area contributed by atoms with Crippen LogP contribution in [-0.2, 0) is 4.74 Å². The third-order valence-electron chi connectivity index (χ3n) is 1.94. The standard InChI is InChI=1S/C10H14FN3O/c1-15-3-2-14-10-5-7(11)4-9(13)8(10)6-12/h4-6,12,14H,2-3,13H2,1H3. The van der Waals surface area contributed by atoms with E-state index in [2.05, 4.69) is 5.32 Å². The Balaban J connectivity index is 2.88. The van der Waals surface area contributed by atoms with Crippen LogP contribution in [0.2, 0.25) is 0 Å². The minimum Gasteiger partial charge on any atom is -0.398 e. The normalized spacial score (nSPS) is 10.0. The monoisotopic (exact) mass is 211 g/mol. The minimum atomic E-state index is -0.419. The van der Waals surface area contributed by atoms with Crippen LogP contribution >= 0.6 is 0 Å². The smallest absolute Gasteiger partial charge is 0.127 e. The van der Waals surface area contributed by atoms with Crippen LogP contribution in [0.1, 0.15) is 5.56 Å². The molecule has 5 heteroatoms. The SMILES string of the molecule is COCCNc1cc(F)cc(N)c1C=N. The highest BCUT2D eigenvalue weighted by molar-refractivity contribution is 5.92. The summed E-state index contributed by atoms with van der Waals surface area (Å²) in [5.74, 6) is -0.419. The molecule has 15 heavy (non-hydrogen) atoms. The molecule has 0 aliphatic carbocycles. The van der Waals surface area contributed by atoms with Crippen LogP contribution in [0, 0.1) is 11.2 Å². The van der Waals surface area contributed by atoms with Gasteiger partial charge in [-0.2, -0.15) is 0 Å². The molecule has 1 rings (SSSR count). The summed E-state index contributed by atoms with van der Waals surface area (Å²) in [5, 5.41) is 10.1. The maximum absolute atomic E-state index is 13.0. The van der Waals surface area contributed by atoms with Gasteiger partial charge in [0.25, 0.3) is 0 Å². The second-order valence-corrected chi connectivity index (χ2v) is 3.02. The lowest BCUT2D eigenvalue weighted by Gasteiger charge is -2.11. The molecular weight excluding hydrogens is 197 g/mol. The van der Waals surface area contributed by atoms with Gasteiger partial charge in [-0.3, -0.25) is 0 Å². The lowest BCUT2D eigenvalue weighted by atomic mass is 10.1. The molecule has 0 amide bonds. The van der Waals surface area contributed by atoms with Crippen molar-refractivity contribution in [3.8, 4) is 0 Å². The number of rotatable bonds is 5. The Bertz CT molecular complexity index is 355. The average Bonchev–Trinajstić information content (AvgIpc) is 2.17. The van der Waals surface area contributed by atoms with Gasteiger partial charge in [0.15, 0.2) is 0 Å². The Labute approximate surface area is 87.7 Å². The summed E-state index contributed by atoms with van der Waals surface area (Å²) in [6, 6.07) is 2.51. The van der Waals surface area contributed by atoms with Gasteiger partial charge < -0.3 is 21.2 Å². The minimum absolute atomic E-state index is 0.255. The van der Waals surface area contributed by atoms with Crippen LogP contribution in [0.5, 0.6) is 0 Å². The van der Waals surface area contributed by atoms with E-state index in [-0.39, 0.29) is 5.69 Å². The number of nitrogens with one attached hydrogen (secondary N) is 2. The second-order valence-electron chi connectivity index (χ2n) is 3.02. The molecule has 0 bridgehead atoms. The first kappa shape index (κ1) is 11.5. The first-order chi connectivity index (χ1) is 7.19. The van der Waals surface area contributed by atoms with Gasteiger partial charge in [-0.1, -0.05) is 0 Å². The molecule has 0 unspecified atom stereocenters. The first-order valence-electron chi connectivity index (χ1n) is 4.51. The summed E-state index contributed by atoms with van der Waals surface area (Å²) < 4.78 is 17.9. The number of nitrogens with two attached hydrogens (primary N) is 1. The van der Waals surface area contributed by atoms with Gasteiger partial charge >= 0.3 is 0 Å². The fraction of sp³-hybridized carbons (Fsp3) is 0.300. The van der Waals surface area contributed by atoms with Gasteiger partial charge in [-0.15, -0.1) is 0 Å². The molecule has 0 saturated carbocycles. The van der Waals surface area contributed by atoms with Crippen molar-refractivity contribution in [1.29, 1.82) is 5.41 Å². The summed E-state index contributed by atoms with van der Waals surface area (Å²) in [6.07, 6.45) is 1.10. The van der Waals surface area contributed by atoms with Crippen molar-refractivity contribution >= 4 is 17.6 Å². The Morgan fingerprint density at radius 3 is 2.93 bits per heavy atom. The molecule has 0 spiro atoms. The van der Waals surface area contributed by atoms with E-state index in [1.165, 1.54) is 12.1 Å². The predicted molar refractivity (Wildman–Crippen MR) is 59.1 cm³/mol. The molecule has 4 nitrogen and oxygen atoms in total. The third kappa shape index (κ3) is 2.92. The molecule has 1 aromatic carbocycles. The van der Waals surface area contributed by atoms with Gasteiger partial charge in [0, 0.05) is 36.8 Å². The zero-order chi connectivity index (χ0) is 11.3. The molecule has 0 radical (unpaired) electrons. The Hall–Kier alpha value is -1.62. The number of hydrogen-bond acceptors (Lipinski definition) is 4. The highest BCUT2D eigenvalue weighted by Crippen LogP contribution is 2.21. The molecule has 4 N–H and O–H groups in total. The average molecular weight is 211 g/mol. The molecular formula is C10H14FN3O. The van der Waals surface area contributed by atoms with E-state index in [1.807, 2.05) is 0 Å². The molecule has 82 valence electrons. The molecule has 0 aliphatic heterocycles. The molecule has 0 aromatic heterocycles. The van der Waals surface area contributed by atoms with Crippen molar-refractivity contribution in [3.05, 3.63) is 23.5 Å². The Kier molecular flexibility index (Phi) is 4.05. The van der Waals surface area contributed by atoms with E-state index >= 15 is 0 Å². The summed E-state index contributed by atoms with van der Waals surface area (Å²) >= 11 is 0. The third-order valence-corrected chi connectivity index (χ3v) is 1.94. The zero-order valence-electron chi connectivity index (χ0n) is 8.51. The van der Waals surface area contributed by atoms with Crippen LogP contribution in [0.3, 0.4) is 0 Å². The maximum atomic E-state index is 13.0. The highest BCUT2D eigenvalue weighted by Gasteiger charge is 2.06. The van der Waals surface area contributed by atoms with Crippen LogP contribution in [0.15, 0.2) is 12.1 Å². The largest absolute Gasteiger partial charge is 0.398 e. The predicted octanol–water partition coefficient (Wildman–Crippen LogP) is 1.46. The maximum Gasteiger partial charge on any atom is 0.127 e. The van der Waals surface area contributed by atoms with E-state index in [0.29, 0.717) is 24.4 Å². The molecule has 0 aliphatic rings. The van der Waals surface area contributed by atoms with Crippen molar-refractivity contribution in [2.75, 3.05) is 31.3 Å². The van der Waals surface area contributed by atoms with E-state index in [4.69, 9.17) is 15.9 Å². The van der Waals surface area contributed by atoms with Crippen LogP contribution < -0.4 is 11.1 Å². The number of methoxy groups -OCH3 is 1. The second kappa shape index (κ2) is 5.31. The Morgan fingerprint density at radius 2 is 2.33 bits per heavy atom. The number of halogens is 1. The molecule has 0 saturated heterocycles. The number of hydrogen-bond donors (Lipinski definition) is 3. The fourth-order valence-electron chi connectivity index (χ4n) is 1.23. The quantitative estimate of drug-likeness (QED) is 0.392. The highest BCUT2D eigenvalue weighted by atomic mass is 19.1. The molecule has 0 atom stereocenters. The van der Waals surface area contributed by atoms with E-state index in [1.54, 1.807) is 7.11 Å². The van der Waals surface area contributed by atoms with Gasteiger partial charge in [-0.05, 0) is 12.1 Å². The van der Waals surface area contributed by atoms with Crippen molar-refractivity contribution in [2.45, 2.75) is 0 Å². The topological polar surface area (TPSA) is 71.1 Å². The first-order valence-corrected chi connectivity index (χ1v) is 4.51. The zero-order valence-corrected chi connectivity index (χ0v) is 8.51. The Morgan fingerprint density at radius 1 is 1.60 bits per heavy atom. The molecule has 0 fully saturated rings.